The molecule has 100 valence electrons. The van der Waals surface area contributed by atoms with Gasteiger partial charge in [0.05, 0.1) is 0 Å². The standard InChI is InChI=1S/C14H28N2O/c1-2-13-4-3-8-16(9-5-13)12-14(15)6-10-17-11-7-14/h13H,2-12,15H2,1H3. The maximum atomic E-state index is 6.49. The molecule has 0 aromatic carbocycles. The zero-order valence-corrected chi connectivity index (χ0v) is 11.3. The molecule has 1 atom stereocenters. The van der Waals surface area contributed by atoms with Crippen LogP contribution in [0.4, 0.5) is 0 Å². The molecule has 17 heavy (non-hydrogen) atoms. The van der Waals surface area contributed by atoms with Gasteiger partial charge in [-0.2, -0.15) is 0 Å². The van der Waals surface area contributed by atoms with Gasteiger partial charge < -0.3 is 15.4 Å². The van der Waals surface area contributed by atoms with Crippen LogP contribution >= 0.6 is 0 Å². The van der Waals surface area contributed by atoms with E-state index in [0.29, 0.717) is 0 Å². The third-order valence-corrected chi connectivity index (χ3v) is 4.54. The van der Waals surface area contributed by atoms with Gasteiger partial charge in [0.1, 0.15) is 0 Å². The second kappa shape index (κ2) is 6.17. The molecule has 2 aliphatic rings. The van der Waals surface area contributed by atoms with E-state index in [1.807, 2.05) is 0 Å². The van der Waals surface area contributed by atoms with Crippen LogP contribution < -0.4 is 5.73 Å². The largest absolute Gasteiger partial charge is 0.381 e. The molecule has 0 aromatic rings. The topological polar surface area (TPSA) is 38.5 Å². The van der Waals surface area contributed by atoms with Gasteiger partial charge in [0.2, 0.25) is 0 Å². The first kappa shape index (κ1) is 13.3. The van der Waals surface area contributed by atoms with Crippen molar-refractivity contribution >= 4 is 0 Å². The molecule has 2 N–H and O–H groups in total. The van der Waals surface area contributed by atoms with Crippen molar-refractivity contribution in [3.8, 4) is 0 Å². The van der Waals surface area contributed by atoms with Gasteiger partial charge in [-0.3, -0.25) is 0 Å². The van der Waals surface area contributed by atoms with Gasteiger partial charge in [-0.1, -0.05) is 13.3 Å². The Morgan fingerprint density at radius 3 is 2.71 bits per heavy atom. The molecule has 3 heteroatoms. The fraction of sp³-hybridized carbons (Fsp3) is 1.00. The third-order valence-electron chi connectivity index (χ3n) is 4.54. The van der Waals surface area contributed by atoms with Crippen LogP contribution in [0.5, 0.6) is 0 Å². The second-order valence-electron chi connectivity index (χ2n) is 5.96. The number of likely N-dealkylation sites (tertiary alicyclic amines) is 1. The average molecular weight is 240 g/mol. The van der Waals surface area contributed by atoms with Crippen LogP contribution in [0, 0.1) is 5.92 Å². The van der Waals surface area contributed by atoms with E-state index in [9.17, 15) is 0 Å². The molecular weight excluding hydrogens is 212 g/mol. The van der Waals surface area contributed by atoms with Crippen LogP contribution in [0.2, 0.25) is 0 Å². The van der Waals surface area contributed by atoms with Crippen molar-refractivity contribution < 1.29 is 4.74 Å². The number of nitrogens with zero attached hydrogens (tertiary/aromatic N) is 1. The highest BCUT2D eigenvalue weighted by Gasteiger charge is 2.30. The first-order chi connectivity index (χ1) is 8.22. The van der Waals surface area contributed by atoms with Crippen molar-refractivity contribution in [2.75, 3.05) is 32.8 Å². The molecule has 1 unspecified atom stereocenters. The van der Waals surface area contributed by atoms with Crippen LogP contribution in [0.3, 0.4) is 0 Å². The molecule has 0 radical (unpaired) electrons. The lowest BCUT2D eigenvalue weighted by Gasteiger charge is -2.37. The van der Waals surface area contributed by atoms with Crippen molar-refractivity contribution in [3.63, 3.8) is 0 Å². The first-order valence-corrected chi connectivity index (χ1v) is 7.31. The van der Waals surface area contributed by atoms with Crippen molar-refractivity contribution in [2.24, 2.45) is 11.7 Å². The summed E-state index contributed by atoms with van der Waals surface area (Å²) in [4.78, 5) is 2.60. The average Bonchev–Trinajstić information content (AvgIpc) is 2.55. The summed E-state index contributed by atoms with van der Waals surface area (Å²) in [5, 5.41) is 0. The van der Waals surface area contributed by atoms with E-state index in [0.717, 1.165) is 38.5 Å². The fourth-order valence-corrected chi connectivity index (χ4v) is 3.17. The van der Waals surface area contributed by atoms with Gasteiger partial charge in [0.25, 0.3) is 0 Å². The number of hydrogen-bond acceptors (Lipinski definition) is 3. The minimum Gasteiger partial charge on any atom is -0.381 e. The Balaban J connectivity index is 1.81. The van der Waals surface area contributed by atoms with Crippen molar-refractivity contribution in [3.05, 3.63) is 0 Å². The minimum atomic E-state index is 0.0182. The van der Waals surface area contributed by atoms with Crippen LogP contribution in [0.15, 0.2) is 0 Å². The van der Waals surface area contributed by atoms with Crippen LogP contribution in [-0.2, 0) is 4.74 Å². The minimum absolute atomic E-state index is 0.0182. The Kier molecular flexibility index (Phi) is 4.83. The van der Waals surface area contributed by atoms with Gasteiger partial charge in [-0.15, -0.1) is 0 Å². The summed E-state index contributed by atoms with van der Waals surface area (Å²) >= 11 is 0. The fourth-order valence-electron chi connectivity index (χ4n) is 3.17. The quantitative estimate of drug-likeness (QED) is 0.820. The zero-order valence-electron chi connectivity index (χ0n) is 11.3. The van der Waals surface area contributed by atoms with E-state index in [1.54, 1.807) is 0 Å². The van der Waals surface area contributed by atoms with Crippen molar-refractivity contribution in [1.29, 1.82) is 0 Å². The summed E-state index contributed by atoms with van der Waals surface area (Å²) in [5.41, 5.74) is 6.50. The molecule has 2 aliphatic heterocycles. The summed E-state index contributed by atoms with van der Waals surface area (Å²) in [6.45, 7) is 7.59. The molecule has 0 aliphatic carbocycles. The number of hydrogen-bond donors (Lipinski definition) is 1. The summed E-state index contributed by atoms with van der Waals surface area (Å²) in [5.74, 6) is 0.948. The summed E-state index contributed by atoms with van der Waals surface area (Å²) in [7, 11) is 0. The lowest BCUT2D eigenvalue weighted by atomic mass is 9.90. The Bertz CT molecular complexity index is 226. The molecule has 2 heterocycles. The molecule has 0 spiro atoms. The predicted molar refractivity (Wildman–Crippen MR) is 71.0 cm³/mol. The van der Waals surface area contributed by atoms with Gasteiger partial charge in [-0.25, -0.2) is 0 Å². The van der Waals surface area contributed by atoms with E-state index in [2.05, 4.69) is 11.8 Å². The first-order valence-electron chi connectivity index (χ1n) is 7.31. The zero-order chi connectivity index (χ0) is 12.1. The van der Waals surface area contributed by atoms with Crippen LogP contribution in [0.1, 0.15) is 45.4 Å². The molecule has 0 saturated carbocycles. The number of ether oxygens (including phenoxy) is 1. The maximum absolute atomic E-state index is 6.49. The summed E-state index contributed by atoms with van der Waals surface area (Å²) in [6.07, 6.45) is 7.53. The van der Waals surface area contributed by atoms with E-state index in [-0.39, 0.29) is 5.54 Å². The number of rotatable bonds is 3. The Morgan fingerprint density at radius 1 is 1.24 bits per heavy atom. The highest BCUT2D eigenvalue weighted by Crippen LogP contribution is 2.24. The van der Waals surface area contributed by atoms with Gasteiger partial charge in [0, 0.05) is 25.3 Å². The Hall–Kier alpha value is -0.120. The molecule has 2 saturated heterocycles. The molecule has 0 aromatic heterocycles. The van der Waals surface area contributed by atoms with Gasteiger partial charge >= 0.3 is 0 Å². The molecule has 2 fully saturated rings. The van der Waals surface area contributed by atoms with E-state index in [4.69, 9.17) is 10.5 Å². The van der Waals surface area contributed by atoms with Gasteiger partial charge in [0.15, 0.2) is 0 Å². The molecule has 0 amide bonds. The van der Waals surface area contributed by atoms with Crippen LogP contribution in [0.25, 0.3) is 0 Å². The monoisotopic (exact) mass is 240 g/mol. The van der Waals surface area contributed by atoms with E-state index < -0.39 is 0 Å². The Labute approximate surface area is 106 Å². The molecular formula is C14H28N2O. The lowest BCUT2D eigenvalue weighted by Crippen LogP contribution is -2.53. The highest BCUT2D eigenvalue weighted by molar-refractivity contribution is 4.90. The van der Waals surface area contributed by atoms with Crippen LogP contribution in [-0.4, -0.2) is 43.3 Å². The van der Waals surface area contributed by atoms with Crippen molar-refractivity contribution in [1.82, 2.24) is 4.90 Å². The molecule has 3 nitrogen and oxygen atoms in total. The Morgan fingerprint density at radius 2 is 2.00 bits per heavy atom. The summed E-state index contributed by atoms with van der Waals surface area (Å²) < 4.78 is 5.41. The second-order valence-corrected chi connectivity index (χ2v) is 5.96. The predicted octanol–water partition coefficient (Wildman–Crippen LogP) is 2.01. The summed E-state index contributed by atoms with van der Waals surface area (Å²) in [6, 6.07) is 0. The van der Waals surface area contributed by atoms with Gasteiger partial charge in [-0.05, 0) is 51.1 Å². The van der Waals surface area contributed by atoms with E-state index >= 15 is 0 Å². The SMILES string of the molecule is CCC1CCCN(CC2(N)CCOCC2)CC1. The maximum Gasteiger partial charge on any atom is 0.0484 e. The van der Waals surface area contributed by atoms with Crippen molar-refractivity contribution in [2.45, 2.75) is 51.0 Å². The third kappa shape index (κ3) is 3.94. The smallest absolute Gasteiger partial charge is 0.0484 e. The number of nitrogens with two attached hydrogens (primary N) is 1. The lowest BCUT2D eigenvalue weighted by molar-refractivity contribution is 0.0380. The molecule has 2 rings (SSSR count). The van der Waals surface area contributed by atoms with E-state index in [1.165, 1.54) is 38.8 Å². The molecule has 0 bridgehead atoms. The normalized spacial score (nSPS) is 31.1. The highest BCUT2D eigenvalue weighted by atomic mass is 16.5.